The molecule has 0 fully saturated rings. The molecule has 4 heteroatoms. The molecule has 2 N–H and O–H groups in total. The van der Waals surface area contributed by atoms with Crippen LogP contribution in [0, 0.1) is 0 Å². The standard InChI is InChI=1S/C16H16ClNO2/c17-15-9-5-4-8-14(15)16(20)18-11-13(19)10-12-6-2-1-3-7-12/h1-9,13,19H,10-11H2,(H,18,20)/t13-/m0/s1. The molecule has 0 aliphatic heterocycles. The summed E-state index contributed by atoms with van der Waals surface area (Å²) in [6.45, 7) is 0.193. The van der Waals surface area contributed by atoms with E-state index in [2.05, 4.69) is 5.32 Å². The highest BCUT2D eigenvalue weighted by Crippen LogP contribution is 2.14. The molecule has 20 heavy (non-hydrogen) atoms. The molecule has 0 bridgehead atoms. The minimum Gasteiger partial charge on any atom is -0.391 e. The first kappa shape index (κ1) is 14.6. The van der Waals surface area contributed by atoms with Crippen LogP contribution >= 0.6 is 11.6 Å². The van der Waals surface area contributed by atoms with Crippen LogP contribution in [-0.2, 0) is 6.42 Å². The molecule has 0 aliphatic rings. The second kappa shape index (κ2) is 7.08. The van der Waals surface area contributed by atoms with Crippen LogP contribution in [0.1, 0.15) is 15.9 Å². The minimum absolute atomic E-state index is 0.193. The fraction of sp³-hybridized carbons (Fsp3) is 0.188. The third kappa shape index (κ3) is 4.08. The molecular weight excluding hydrogens is 274 g/mol. The summed E-state index contributed by atoms with van der Waals surface area (Å²) < 4.78 is 0. The number of carbonyl (C=O) groups is 1. The number of nitrogens with one attached hydrogen (secondary N) is 1. The van der Waals surface area contributed by atoms with E-state index in [1.165, 1.54) is 0 Å². The summed E-state index contributed by atoms with van der Waals surface area (Å²) in [6.07, 6.45) is -0.118. The van der Waals surface area contributed by atoms with Crippen molar-refractivity contribution in [3.63, 3.8) is 0 Å². The van der Waals surface area contributed by atoms with Gasteiger partial charge in [0.15, 0.2) is 0 Å². The third-order valence-corrected chi connectivity index (χ3v) is 3.26. The van der Waals surface area contributed by atoms with Gasteiger partial charge in [-0.2, -0.15) is 0 Å². The van der Waals surface area contributed by atoms with Gasteiger partial charge in [-0.15, -0.1) is 0 Å². The van der Waals surface area contributed by atoms with E-state index in [0.29, 0.717) is 17.0 Å². The van der Waals surface area contributed by atoms with Gasteiger partial charge in [0.05, 0.1) is 16.7 Å². The fourth-order valence-electron chi connectivity index (χ4n) is 1.91. The molecule has 0 saturated carbocycles. The number of halogens is 1. The van der Waals surface area contributed by atoms with Crippen LogP contribution in [0.25, 0.3) is 0 Å². The quantitative estimate of drug-likeness (QED) is 0.889. The molecule has 0 aromatic heterocycles. The molecule has 0 aliphatic carbocycles. The molecule has 2 aromatic rings. The lowest BCUT2D eigenvalue weighted by molar-refractivity contribution is 0.0916. The van der Waals surface area contributed by atoms with E-state index in [0.717, 1.165) is 5.56 Å². The Bertz CT molecular complexity index is 572. The average molecular weight is 290 g/mol. The Morgan fingerprint density at radius 2 is 1.75 bits per heavy atom. The molecule has 3 nitrogen and oxygen atoms in total. The molecule has 0 saturated heterocycles. The van der Waals surface area contributed by atoms with Crippen molar-refractivity contribution in [2.75, 3.05) is 6.54 Å². The summed E-state index contributed by atoms with van der Waals surface area (Å²) in [7, 11) is 0. The predicted molar refractivity (Wildman–Crippen MR) is 79.9 cm³/mol. The van der Waals surface area contributed by atoms with E-state index in [1.54, 1.807) is 24.3 Å². The molecule has 104 valence electrons. The van der Waals surface area contributed by atoms with Crippen LogP contribution in [0.3, 0.4) is 0 Å². The summed E-state index contributed by atoms with van der Waals surface area (Å²) in [4.78, 5) is 11.9. The van der Waals surface area contributed by atoms with Gasteiger partial charge in [0.2, 0.25) is 0 Å². The van der Waals surface area contributed by atoms with Crippen LogP contribution in [0.4, 0.5) is 0 Å². The Morgan fingerprint density at radius 1 is 1.10 bits per heavy atom. The minimum atomic E-state index is -0.621. The summed E-state index contributed by atoms with van der Waals surface area (Å²) >= 11 is 5.94. The molecule has 0 radical (unpaired) electrons. The number of rotatable bonds is 5. The van der Waals surface area contributed by atoms with Gasteiger partial charge in [-0.05, 0) is 17.7 Å². The second-order valence-corrected chi connectivity index (χ2v) is 4.94. The predicted octanol–water partition coefficient (Wildman–Crippen LogP) is 2.67. The molecule has 0 unspecified atom stereocenters. The smallest absolute Gasteiger partial charge is 0.252 e. The first-order valence-corrected chi connectivity index (χ1v) is 6.79. The largest absolute Gasteiger partial charge is 0.391 e. The second-order valence-electron chi connectivity index (χ2n) is 4.53. The number of benzene rings is 2. The molecule has 2 rings (SSSR count). The van der Waals surface area contributed by atoms with Gasteiger partial charge in [-0.25, -0.2) is 0 Å². The SMILES string of the molecule is O=C(NC[C@@H](O)Cc1ccccc1)c1ccccc1Cl. The van der Waals surface area contributed by atoms with E-state index in [1.807, 2.05) is 30.3 Å². The average Bonchev–Trinajstić information content (AvgIpc) is 2.46. The van der Waals surface area contributed by atoms with Gasteiger partial charge < -0.3 is 10.4 Å². The summed E-state index contributed by atoms with van der Waals surface area (Å²) in [5.74, 6) is -0.275. The summed E-state index contributed by atoms with van der Waals surface area (Å²) in [5, 5.41) is 13.0. The highest BCUT2D eigenvalue weighted by Gasteiger charge is 2.11. The van der Waals surface area contributed by atoms with Crippen molar-refractivity contribution < 1.29 is 9.90 Å². The van der Waals surface area contributed by atoms with Crippen LogP contribution in [0.2, 0.25) is 5.02 Å². The highest BCUT2D eigenvalue weighted by molar-refractivity contribution is 6.33. The Morgan fingerprint density at radius 3 is 2.45 bits per heavy atom. The first-order chi connectivity index (χ1) is 9.66. The van der Waals surface area contributed by atoms with Gasteiger partial charge in [0.25, 0.3) is 5.91 Å². The molecule has 0 spiro atoms. The molecular formula is C16H16ClNO2. The lowest BCUT2D eigenvalue weighted by atomic mass is 10.1. The van der Waals surface area contributed by atoms with Crippen molar-refractivity contribution in [1.29, 1.82) is 0 Å². The van der Waals surface area contributed by atoms with Gasteiger partial charge in [-0.1, -0.05) is 54.1 Å². The van der Waals surface area contributed by atoms with Crippen LogP contribution in [0.5, 0.6) is 0 Å². The number of hydrogen-bond donors (Lipinski definition) is 2. The van der Waals surface area contributed by atoms with E-state index < -0.39 is 6.10 Å². The van der Waals surface area contributed by atoms with Gasteiger partial charge in [0.1, 0.15) is 0 Å². The Hall–Kier alpha value is -1.84. The van der Waals surface area contributed by atoms with E-state index >= 15 is 0 Å². The Labute approximate surface area is 123 Å². The van der Waals surface area contributed by atoms with Crippen molar-refractivity contribution >= 4 is 17.5 Å². The van der Waals surface area contributed by atoms with E-state index in [-0.39, 0.29) is 12.5 Å². The maximum absolute atomic E-state index is 11.9. The van der Waals surface area contributed by atoms with E-state index in [4.69, 9.17) is 11.6 Å². The van der Waals surface area contributed by atoms with Gasteiger partial charge >= 0.3 is 0 Å². The fourth-order valence-corrected chi connectivity index (χ4v) is 2.13. The van der Waals surface area contributed by atoms with Crippen molar-refractivity contribution in [2.24, 2.45) is 0 Å². The lowest BCUT2D eigenvalue weighted by Crippen LogP contribution is -2.33. The number of carbonyl (C=O) groups excluding carboxylic acids is 1. The van der Waals surface area contributed by atoms with Crippen LogP contribution < -0.4 is 5.32 Å². The van der Waals surface area contributed by atoms with Gasteiger partial charge in [0, 0.05) is 13.0 Å². The van der Waals surface area contributed by atoms with Crippen LogP contribution in [-0.4, -0.2) is 23.7 Å². The van der Waals surface area contributed by atoms with Crippen molar-refractivity contribution in [2.45, 2.75) is 12.5 Å². The maximum atomic E-state index is 11.9. The third-order valence-electron chi connectivity index (χ3n) is 2.93. The van der Waals surface area contributed by atoms with E-state index in [9.17, 15) is 9.90 Å². The first-order valence-electron chi connectivity index (χ1n) is 6.41. The van der Waals surface area contributed by atoms with Crippen LogP contribution in [0.15, 0.2) is 54.6 Å². The zero-order chi connectivity index (χ0) is 14.4. The van der Waals surface area contributed by atoms with Crippen molar-refractivity contribution in [3.8, 4) is 0 Å². The summed E-state index contributed by atoms with van der Waals surface area (Å²) in [6, 6.07) is 16.5. The van der Waals surface area contributed by atoms with Gasteiger partial charge in [-0.3, -0.25) is 4.79 Å². The molecule has 0 heterocycles. The molecule has 1 atom stereocenters. The van der Waals surface area contributed by atoms with Crippen molar-refractivity contribution in [1.82, 2.24) is 5.32 Å². The number of aliphatic hydroxyl groups is 1. The maximum Gasteiger partial charge on any atom is 0.252 e. The number of hydrogen-bond acceptors (Lipinski definition) is 2. The molecule has 2 aromatic carbocycles. The number of amides is 1. The topological polar surface area (TPSA) is 49.3 Å². The monoisotopic (exact) mass is 289 g/mol. The Balaban J connectivity index is 1.86. The zero-order valence-electron chi connectivity index (χ0n) is 10.9. The Kier molecular flexibility index (Phi) is 5.16. The summed E-state index contributed by atoms with van der Waals surface area (Å²) in [5.41, 5.74) is 1.45. The molecule has 1 amide bonds. The van der Waals surface area contributed by atoms with Crippen molar-refractivity contribution in [3.05, 3.63) is 70.7 Å². The highest BCUT2D eigenvalue weighted by atomic mass is 35.5. The zero-order valence-corrected chi connectivity index (χ0v) is 11.7. The normalized spacial score (nSPS) is 11.9. The number of aliphatic hydroxyl groups excluding tert-OH is 1. The lowest BCUT2D eigenvalue weighted by Gasteiger charge is -2.12.